The number of halogens is 2. The summed E-state index contributed by atoms with van der Waals surface area (Å²) in [5.74, 6) is -3.01. The highest BCUT2D eigenvalue weighted by Crippen LogP contribution is 2.24. The van der Waals surface area contributed by atoms with Crippen molar-refractivity contribution in [2.24, 2.45) is 0 Å². The molecule has 1 N–H and O–H groups in total. The Morgan fingerprint density at radius 1 is 1.26 bits per heavy atom. The third kappa shape index (κ3) is 4.49. The van der Waals surface area contributed by atoms with Crippen molar-refractivity contribution in [3.05, 3.63) is 46.8 Å². The Labute approximate surface area is 134 Å². The molecule has 5 nitrogen and oxygen atoms in total. The number of carbonyl (C=O) groups is 2. The Morgan fingerprint density at radius 2 is 2.04 bits per heavy atom. The van der Waals surface area contributed by atoms with E-state index < -0.39 is 30.1 Å². The SMILES string of the molecule is CCOC(=O)c1ccsc1NC(=O)COc1ccc(F)cc1F. The second-order valence-corrected chi connectivity index (χ2v) is 5.21. The fraction of sp³-hybridized carbons (Fsp3) is 0.200. The van der Waals surface area contributed by atoms with E-state index in [1.165, 1.54) is 6.07 Å². The fourth-order valence-electron chi connectivity index (χ4n) is 1.67. The van der Waals surface area contributed by atoms with Crippen molar-refractivity contribution in [3.8, 4) is 5.75 Å². The molecule has 1 heterocycles. The molecule has 2 aromatic rings. The lowest BCUT2D eigenvalue weighted by molar-refractivity contribution is -0.118. The van der Waals surface area contributed by atoms with E-state index in [-0.39, 0.29) is 17.9 Å². The Hall–Kier alpha value is -2.48. The number of amides is 1. The monoisotopic (exact) mass is 341 g/mol. The van der Waals surface area contributed by atoms with Gasteiger partial charge in [-0.3, -0.25) is 4.79 Å². The van der Waals surface area contributed by atoms with Gasteiger partial charge in [0.25, 0.3) is 5.91 Å². The van der Waals surface area contributed by atoms with Crippen molar-refractivity contribution in [2.75, 3.05) is 18.5 Å². The molecule has 1 aromatic carbocycles. The lowest BCUT2D eigenvalue weighted by Gasteiger charge is -2.08. The van der Waals surface area contributed by atoms with Crippen LogP contribution in [0.15, 0.2) is 29.6 Å². The molecule has 0 radical (unpaired) electrons. The molecule has 23 heavy (non-hydrogen) atoms. The van der Waals surface area contributed by atoms with Gasteiger partial charge in [0.1, 0.15) is 10.8 Å². The van der Waals surface area contributed by atoms with Crippen LogP contribution in [0, 0.1) is 11.6 Å². The molecular weight excluding hydrogens is 328 g/mol. The maximum atomic E-state index is 13.4. The van der Waals surface area contributed by atoms with Gasteiger partial charge < -0.3 is 14.8 Å². The molecule has 0 spiro atoms. The molecule has 0 saturated heterocycles. The normalized spacial score (nSPS) is 10.2. The highest BCUT2D eigenvalue weighted by molar-refractivity contribution is 7.14. The molecule has 0 atom stereocenters. The molecule has 2 rings (SSSR count). The van der Waals surface area contributed by atoms with E-state index in [0.717, 1.165) is 23.5 Å². The van der Waals surface area contributed by atoms with Crippen LogP contribution in [0.3, 0.4) is 0 Å². The van der Waals surface area contributed by atoms with Crippen LogP contribution in [-0.4, -0.2) is 25.1 Å². The molecule has 0 bridgehead atoms. The first kappa shape index (κ1) is 16.9. The first-order chi connectivity index (χ1) is 11.0. The van der Waals surface area contributed by atoms with Crippen LogP contribution in [0.4, 0.5) is 13.8 Å². The third-order valence-electron chi connectivity index (χ3n) is 2.67. The zero-order valence-corrected chi connectivity index (χ0v) is 12.9. The highest BCUT2D eigenvalue weighted by Gasteiger charge is 2.16. The predicted molar refractivity (Wildman–Crippen MR) is 80.8 cm³/mol. The van der Waals surface area contributed by atoms with Gasteiger partial charge in [0.05, 0.1) is 12.2 Å². The first-order valence-electron chi connectivity index (χ1n) is 6.63. The molecule has 0 aliphatic heterocycles. The Morgan fingerprint density at radius 3 is 2.74 bits per heavy atom. The van der Waals surface area contributed by atoms with Crippen molar-refractivity contribution in [1.82, 2.24) is 0 Å². The Balaban J connectivity index is 1.95. The van der Waals surface area contributed by atoms with Crippen molar-refractivity contribution < 1.29 is 27.8 Å². The molecule has 0 saturated carbocycles. The number of benzene rings is 1. The Bertz CT molecular complexity index is 717. The summed E-state index contributed by atoms with van der Waals surface area (Å²) in [6, 6.07) is 4.30. The van der Waals surface area contributed by atoms with Gasteiger partial charge in [-0.2, -0.15) is 0 Å². The topological polar surface area (TPSA) is 64.6 Å². The second kappa shape index (κ2) is 7.68. The number of esters is 1. The summed E-state index contributed by atoms with van der Waals surface area (Å²) in [4.78, 5) is 23.5. The molecule has 8 heteroatoms. The van der Waals surface area contributed by atoms with E-state index in [4.69, 9.17) is 9.47 Å². The minimum Gasteiger partial charge on any atom is -0.481 e. The van der Waals surface area contributed by atoms with Crippen molar-refractivity contribution in [2.45, 2.75) is 6.92 Å². The summed E-state index contributed by atoms with van der Waals surface area (Å²) in [5, 5.41) is 4.43. The van der Waals surface area contributed by atoms with Gasteiger partial charge in [0.2, 0.25) is 0 Å². The van der Waals surface area contributed by atoms with Crippen LogP contribution in [0.5, 0.6) is 5.75 Å². The molecule has 0 aliphatic rings. The van der Waals surface area contributed by atoms with Crippen molar-refractivity contribution in [1.29, 1.82) is 0 Å². The van der Waals surface area contributed by atoms with Gasteiger partial charge in [-0.1, -0.05) is 0 Å². The molecular formula is C15H13F2NO4S. The van der Waals surface area contributed by atoms with E-state index in [1.807, 2.05) is 0 Å². The summed E-state index contributed by atoms with van der Waals surface area (Å²) >= 11 is 1.15. The van der Waals surface area contributed by atoms with Gasteiger partial charge >= 0.3 is 5.97 Å². The number of ether oxygens (including phenoxy) is 2. The number of thiophene rings is 1. The Kier molecular flexibility index (Phi) is 5.64. The molecule has 122 valence electrons. The summed E-state index contributed by atoms with van der Waals surface area (Å²) in [7, 11) is 0. The van der Waals surface area contributed by atoms with E-state index in [2.05, 4.69) is 5.32 Å². The minimum atomic E-state index is -0.902. The molecule has 0 aliphatic carbocycles. The quantitative estimate of drug-likeness (QED) is 0.820. The number of hydrogen-bond donors (Lipinski definition) is 1. The average Bonchev–Trinajstić information content (AvgIpc) is 2.94. The lowest BCUT2D eigenvalue weighted by Crippen LogP contribution is -2.21. The molecule has 0 fully saturated rings. The van der Waals surface area contributed by atoms with Crippen LogP contribution in [-0.2, 0) is 9.53 Å². The van der Waals surface area contributed by atoms with E-state index >= 15 is 0 Å². The minimum absolute atomic E-state index is 0.217. The number of rotatable bonds is 6. The molecule has 1 amide bonds. The molecule has 0 unspecified atom stereocenters. The van der Waals surface area contributed by atoms with Crippen LogP contribution >= 0.6 is 11.3 Å². The predicted octanol–water partition coefficient (Wildman–Crippen LogP) is 3.22. The smallest absolute Gasteiger partial charge is 0.341 e. The zero-order valence-electron chi connectivity index (χ0n) is 12.1. The third-order valence-corrected chi connectivity index (χ3v) is 3.50. The van der Waals surface area contributed by atoms with Gasteiger partial charge in [0.15, 0.2) is 18.2 Å². The largest absolute Gasteiger partial charge is 0.481 e. The van der Waals surface area contributed by atoms with Gasteiger partial charge in [-0.15, -0.1) is 11.3 Å². The van der Waals surface area contributed by atoms with Crippen LogP contribution < -0.4 is 10.1 Å². The number of nitrogens with one attached hydrogen (secondary N) is 1. The van der Waals surface area contributed by atoms with Gasteiger partial charge in [0, 0.05) is 6.07 Å². The van der Waals surface area contributed by atoms with Gasteiger partial charge in [-0.25, -0.2) is 13.6 Å². The first-order valence-corrected chi connectivity index (χ1v) is 7.51. The maximum absolute atomic E-state index is 13.4. The number of carbonyl (C=O) groups excluding carboxylic acids is 2. The zero-order chi connectivity index (χ0) is 16.8. The average molecular weight is 341 g/mol. The second-order valence-electron chi connectivity index (χ2n) is 4.30. The fourth-order valence-corrected chi connectivity index (χ4v) is 2.47. The van der Waals surface area contributed by atoms with Crippen LogP contribution in [0.2, 0.25) is 0 Å². The summed E-state index contributed by atoms with van der Waals surface area (Å²) in [5.41, 5.74) is 0.234. The van der Waals surface area contributed by atoms with Crippen LogP contribution in [0.1, 0.15) is 17.3 Å². The van der Waals surface area contributed by atoms with E-state index in [0.29, 0.717) is 11.1 Å². The number of anilines is 1. The van der Waals surface area contributed by atoms with Gasteiger partial charge in [-0.05, 0) is 30.5 Å². The molecule has 1 aromatic heterocycles. The van der Waals surface area contributed by atoms with Crippen molar-refractivity contribution >= 4 is 28.2 Å². The van der Waals surface area contributed by atoms with Crippen molar-refractivity contribution in [3.63, 3.8) is 0 Å². The van der Waals surface area contributed by atoms with E-state index in [9.17, 15) is 18.4 Å². The highest BCUT2D eigenvalue weighted by atomic mass is 32.1. The summed E-state index contributed by atoms with van der Waals surface area (Å²) in [6.07, 6.45) is 0. The number of hydrogen-bond acceptors (Lipinski definition) is 5. The van der Waals surface area contributed by atoms with E-state index in [1.54, 1.807) is 12.3 Å². The summed E-state index contributed by atoms with van der Waals surface area (Å²) < 4.78 is 36.0. The van der Waals surface area contributed by atoms with Crippen LogP contribution in [0.25, 0.3) is 0 Å². The maximum Gasteiger partial charge on any atom is 0.341 e. The standard InChI is InChI=1S/C15H13F2NO4S/c1-2-21-15(20)10-5-6-23-14(10)18-13(19)8-22-12-4-3-9(16)7-11(12)17/h3-7H,2,8H2,1H3,(H,18,19). The summed E-state index contributed by atoms with van der Waals surface area (Å²) in [6.45, 7) is 1.41. The lowest BCUT2D eigenvalue weighted by atomic mass is 10.3.